The normalized spacial score (nSPS) is 10.3. The Bertz CT molecular complexity index is 101. The van der Waals surface area contributed by atoms with Crippen LogP contribution in [0.5, 0.6) is 0 Å². The molecular formula is C8H22NO4P. The summed E-state index contributed by atoms with van der Waals surface area (Å²) < 4.78 is 0. The Morgan fingerprint density at radius 3 is 1.86 bits per heavy atom. The molecule has 5 nitrogen and oxygen atoms in total. The summed E-state index contributed by atoms with van der Waals surface area (Å²) in [5.41, 5.74) is 4.29. The van der Waals surface area contributed by atoms with E-state index in [1.807, 2.05) is 0 Å². The van der Waals surface area contributed by atoms with Crippen molar-refractivity contribution < 1.29 is 20.0 Å². The Kier molecular flexibility index (Phi) is 15.7. The molecule has 6 N–H and O–H groups in total. The molecule has 0 unspecified atom stereocenters. The molecule has 0 saturated heterocycles. The van der Waals surface area contributed by atoms with E-state index >= 15 is 0 Å². The van der Waals surface area contributed by atoms with E-state index in [0.29, 0.717) is 6.42 Å². The molecule has 0 heterocycles. The Labute approximate surface area is 86.5 Å². The molecule has 0 aliphatic heterocycles. The SMILES string of the molecule is CCCCCCCC(O)O.NP(O)O. The minimum Gasteiger partial charge on any atom is -0.368 e. The Morgan fingerprint density at radius 2 is 1.50 bits per heavy atom. The first-order chi connectivity index (χ1) is 6.50. The van der Waals surface area contributed by atoms with Crippen LogP contribution >= 0.6 is 8.53 Å². The highest BCUT2D eigenvalue weighted by molar-refractivity contribution is 7.42. The third kappa shape index (κ3) is 29.5. The van der Waals surface area contributed by atoms with Gasteiger partial charge in [0.25, 0.3) is 0 Å². The van der Waals surface area contributed by atoms with Gasteiger partial charge in [-0.1, -0.05) is 32.6 Å². The fourth-order valence-corrected chi connectivity index (χ4v) is 0.930. The molecule has 88 valence electrons. The van der Waals surface area contributed by atoms with Crippen LogP contribution in [0, 0.1) is 0 Å². The Hall–Kier alpha value is 0.230. The van der Waals surface area contributed by atoms with Gasteiger partial charge in [-0.2, -0.15) is 0 Å². The number of rotatable bonds is 6. The van der Waals surface area contributed by atoms with Gasteiger partial charge >= 0.3 is 0 Å². The van der Waals surface area contributed by atoms with E-state index < -0.39 is 14.8 Å². The molecular weight excluding hydrogens is 205 g/mol. The zero-order chi connectivity index (χ0) is 11.4. The lowest BCUT2D eigenvalue weighted by molar-refractivity contribution is -0.0465. The van der Waals surface area contributed by atoms with Gasteiger partial charge in [0.05, 0.1) is 0 Å². The van der Waals surface area contributed by atoms with Gasteiger partial charge in [0.1, 0.15) is 0 Å². The fraction of sp³-hybridized carbons (Fsp3) is 1.00. The Balaban J connectivity index is 0. The molecule has 0 aliphatic carbocycles. The van der Waals surface area contributed by atoms with E-state index in [1.54, 1.807) is 0 Å². The van der Waals surface area contributed by atoms with Crippen molar-refractivity contribution in [3.63, 3.8) is 0 Å². The number of unbranched alkanes of at least 4 members (excludes halogenated alkanes) is 4. The van der Waals surface area contributed by atoms with Crippen LogP contribution in [0.15, 0.2) is 0 Å². The number of hydrogen-bond acceptors (Lipinski definition) is 5. The van der Waals surface area contributed by atoms with Crippen molar-refractivity contribution in [3.8, 4) is 0 Å². The summed E-state index contributed by atoms with van der Waals surface area (Å²) in [5, 5.41) is 16.9. The van der Waals surface area contributed by atoms with E-state index in [2.05, 4.69) is 12.4 Å². The molecule has 0 aromatic rings. The quantitative estimate of drug-likeness (QED) is 0.262. The average Bonchev–Trinajstić information content (AvgIpc) is 2.02. The van der Waals surface area contributed by atoms with Crippen LogP contribution in [0.1, 0.15) is 45.4 Å². The first-order valence-electron chi connectivity index (χ1n) is 4.79. The summed E-state index contributed by atoms with van der Waals surface area (Å²) in [6, 6.07) is 0. The highest BCUT2D eigenvalue weighted by atomic mass is 31.2. The second-order valence-corrected chi connectivity index (χ2v) is 3.64. The lowest BCUT2D eigenvalue weighted by Gasteiger charge is -2.01. The van der Waals surface area contributed by atoms with Crippen molar-refractivity contribution in [3.05, 3.63) is 0 Å². The monoisotopic (exact) mass is 227 g/mol. The minimum atomic E-state index is -2.12. The number of aliphatic hydroxyl groups is 2. The van der Waals surface area contributed by atoms with E-state index in [9.17, 15) is 0 Å². The predicted octanol–water partition coefficient (Wildman–Crippen LogP) is 0.814. The van der Waals surface area contributed by atoms with Crippen molar-refractivity contribution in [2.24, 2.45) is 5.50 Å². The first kappa shape index (κ1) is 16.7. The van der Waals surface area contributed by atoms with Gasteiger partial charge in [0.15, 0.2) is 6.29 Å². The number of aliphatic hydroxyl groups excluding tert-OH is 1. The molecule has 0 saturated carbocycles. The van der Waals surface area contributed by atoms with Crippen LogP contribution in [-0.4, -0.2) is 26.3 Å². The van der Waals surface area contributed by atoms with Gasteiger partial charge < -0.3 is 20.0 Å². The number of nitrogens with two attached hydrogens (primary N) is 1. The van der Waals surface area contributed by atoms with Crippen LogP contribution in [-0.2, 0) is 0 Å². The third-order valence-corrected chi connectivity index (χ3v) is 1.57. The summed E-state index contributed by atoms with van der Waals surface area (Å²) in [6.07, 6.45) is 5.24. The molecule has 0 bridgehead atoms. The van der Waals surface area contributed by atoms with E-state index in [4.69, 9.17) is 20.0 Å². The zero-order valence-electron chi connectivity index (χ0n) is 8.63. The van der Waals surface area contributed by atoms with Gasteiger partial charge in [-0.25, -0.2) is 0 Å². The topological polar surface area (TPSA) is 107 Å². The van der Waals surface area contributed by atoms with Crippen LogP contribution in [0.3, 0.4) is 0 Å². The molecule has 0 aliphatic rings. The molecule has 0 aromatic carbocycles. The minimum absolute atomic E-state index is 0.531. The molecule has 0 rings (SSSR count). The largest absolute Gasteiger partial charge is 0.368 e. The summed E-state index contributed by atoms with van der Waals surface area (Å²) in [5.74, 6) is 0. The average molecular weight is 227 g/mol. The standard InChI is InChI=1S/C8H18O2.H4NO2P/c1-2-3-4-5-6-7-8(9)10;1-4(2)3/h8-10H,2-7H2,1H3;2-3H,1H2. The summed E-state index contributed by atoms with van der Waals surface area (Å²) >= 11 is 0. The molecule has 0 atom stereocenters. The van der Waals surface area contributed by atoms with Crippen LogP contribution < -0.4 is 5.50 Å². The summed E-state index contributed by atoms with van der Waals surface area (Å²) in [4.78, 5) is 14.9. The fourth-order valence-electron chi connectivity index (χ4n) is 0.930. The van der Waals surface area contributed by atoms with Crippen molar-refractivity contribution in [2.45, 2.75) is 51.7 Å². The first-order valence-corrected chi connectivity index (χ1v) is 6.11. The maximum absolute atomic E-state index is 8.46. The predicted molar refractivity (Wildman–Crippen MR) is 57.1 cm³/mol. The molecule has 0 spiro atoms. The molecule has 0 radical (unpaired) electrons. The van der Waals surface area contributed by atoms with Gasteiger partial charge in [-0.15, -0.1) is 0 Å². The third-order valence-electron chi connectivity index (χ3n) is 1.57. The second kappa shape index (κ2) is 13.2. The molecule has 0 amide bonds. The van der Waals surface area contributed by atoms with E-state index in [1.165, 1.54) is 19.3 Å². The van der Waals surface area contributed by atoms with Crippen molar-refractivity contribution >= 4 is 8.53 Å². The Morgan fingerprint density at radius 1 is 1.07 bits per heavy atom. The van der Waals surface area contributed by atoms with Crippen molar-refractivity contribution in [1.82, 2.24) is 0 Å². The summed E-state index contributed by atoms with van der Waals surface area (Å²) in [7, 11) is -2.12. The lowest BCUT2D eigenvalue weighted by atomic mass is 10.1. The van der Waals surface area contributed by atoms with Gasteiger partial charge in [-0.3, -0.25) is 5.50 Å². The van der Waals surface area contributed by atoms with E-state index in [0.717, 1.165) is 12.8 Å². The molecule has 0 fully saturated rings. The van der Waals surface area contributed by atoms with Crippen LogP contribution in [0.4, 0.5) is 0 Å². The van der Waals surface area contributed by atoms with Gasteiger partial charge in [-0.05, 0) is 12.8 Å². The van der Waals surface area contributed by atoms with Crippen molar-refractivity contribution in [2.75, 3.05) is 0 Å². The van der Waals surface area contributed by atoms with Crippen LogP contribution in [0.2, 0.25) is 0 Å². The lowest BCUT2D eigenvalue weighted by Crippen LogP contribution is -2.02. The molecule has 0 aromatic heterocycles. The van der Waals surface area contributed by atoms with E-state index in [-0.39, 0.29) is 0 Å². The summed E-state index contributed by atoms with van der Waals surface area (Å²) in [6.45, 7) is 2.17. The second-order valence-electron chi connectivity index (χ2n) is 3.00. The highest BCUT2D eigenvalue weighted by Crippen LogP contribution is 2.05. The van der Waals surface area contributed by atoms with Crippen LogP contribution in [0.25, 0.3) is 0 Å². The smallest absolute Gasteiger partial charge is 0.247 e. The molecule has 6 heteroatoms. The highest BCUT2D eigenvalue weighted by Gasteiger charge is 1.95. The maximum atomic E-state index is 8.46. The van der Waals surface area contributed by atoms with Gasteiger partial charge in [0, 0.05) is 0 Å². The van der Waals surface area contributed by atoms with Gasteiger partial charge in [0.2, 0.25) is 8.53 Å². The number of hydrogen-bond donors (Lipinski definition) is 5. The molecule has 14 heavy (non-hydrogen) atoms. The maximum Gasteiger partial charge on any atom is 0.247 e. The zero-order valence-corrected chi connectivity index (χ0v) is 9.53. The van der Waals surface area contributed by atoms with Crippen molar-refractivity contribution in [1.29, 1.82) is 0 Å².